The minimum Gasteiger partial charge on any atom is -0.493 e. The normalized spacial score (nSPS) is 12.4. The van der Waals surface area contributed by atoms with Crippen LogP contribution in [0.4, 0.5) is 0 Å². The molecule has 0 aromatic heterocycles. The Morgan fingerprint density at radius 3 is 2.71 bits per heavy atom. The summed E-state index contributed by atoms with van der Waals surface area (Å²) in [6.45, 7) is 3.59. The molecule has 0 radical (unpaired) electrons. The van der Waals surface area contributed by atoms with Crippen LogP contribution in [0.25, 0.3) is 0 Å². The van der Waals surface area contributed by atoms with E-state index in [0.717, 1.165) is 43.8 Å². The summed E-state index contributed by atoms with van der Waals surface area (Å²) < 4.78 is 10.7. The summed E-state index contributed by atoms with van der Waals surface area (Å²) in [5.41, 5.74) is 7.27. The number of benzene rings is 1. The first kappa shape index (κ1) is 14.0. The summed E-state index contributed by atoms with van der Waals surface area (Å²) in [6.07, 6.45) is 2.90. The molecule has 1 atom stereocenters. The van der Waals surface area contributed by atoms with Crippen molar-refractivity contribution in [3.8, 4) is 5.75 Å². The van der Waals surface area contributed by atoms with Crippen molar-refractivity contribution in [2.75, 3.05) is 20.3 Å². The molecule has 1 unspecified atom stereocenters. The zero-order chi connectivity index (χ0) is 12.5. The third-order valence-electron chi connectivity index (χ3n) is 2.64. The van der Waals surface area contributed by atoms with Gasteiger partial charge in [-0.25, -0.2) is 0 Å². The van der Waals surface area contributed by atoms with Crippen LogP contribution in [0.2, 0.25) is 0 Å². The molecular formula is C14H23NO2. The molecule has 1 aromatic rings. The Morgan fingerprint density at radius 2 is 2.00 bits per heavy atom. The maximum absolute atomic E-state index is 6.17. The molecule has 0 saturated carbocycles. The second-order valence-corrected chi connectivity index (χ2v) is 4.13. The second kappa shape index (κ2) is 8.09. The van der Waals surface area contributed by atoms with Gasteiger partial charge in [0.1, 0.15) is 5.75 Å². The van der Waals surface area contributed by atoms with Crippen LogP contribution < -0.4 is 10.5 Å². The number of para-hydroxylation sites is 1. The summed E-state index contributed by atoms with van der Waals surface area (Å²) in [4.78, 5) is 0. The maximum atomic E-state index is 6.17. The van der Waals surface area contributed by atoms with Gasteiger partial charge in [-0.15, -0.1) is 0 Å². The van der Waals surface area contributed by atoms with Gasteiger partial charge in [-0.3, -0.25) is 0 Å². The minimum atomic E-state index is 0.0261. The standard InChI is InChI=1S/C14H23NO2/c1-3-10-17-14-9-5-4-7-12(14)13(15)8-6-11-16-2/h4-5,7,9,13H,3,6,8,10-11,15H2,1-2H3. The quantitative estimate of drug-likeness (QED) is 0.707. The van der Waals surface area contributed by atoms with E-state index in [2.05, 4.69) is 6.92 Å². The molecule has 0 heterocycles. The molecule has 1 aromatic carbocycles. The highest BCUT2D eigenvalue weighted by Crippen LogP contribution is 2.26. The van der Waals surface area contributed by atoms with Crippen LogP contribution in [0.3, 0.4) is 0 Å². The van der Waals surface area contributed by atoms with E-state index in [1.165, 1.54) is 0 Å². The number of ether oxygens (including phenoxy) is 2. The maximum Gasteiger partial charge on any atom is 0.124 e. The van der Waals surface area contributed by atoms with E-state index >= 15 is 0 Å². The predicted molar refractivity (Wildman–Crippen MR) is 70.3 cm³/mol. The van der Waals surface area contributed by atoms with Gasteiger partial charge in [-0.1, -0.05) is 25.1 Å². The molecule has 96 valence electrons. The fraction of sp³-hybridized carbons (Fsp3) is 0.571. The molecule has 2 N–H and O–H groups in total. The largest absolute Gasteiger partial charge is 0.493 e. The van der Waals surface area contributed by atoms with Gasteiger partial charge < -0.3 is 15.2 Å². The topological polar surface area (TPSA) is 44.5 Å². The third kappa shape index (κ3) is 4.75. The lowest BCUT2D eigenvalue weighted by molar-refractivity contribution is 0.190. The Hall–Kier alpha value is -1.06. The first-order chi connectivity index (χ1) is 8.29. The number of methoxy groups -OCH3 is 1. The van der Waals surface area contributed by atoms with Crippen LogP contribution in [0.5, 0.6) is 5.75 Å². The molecule has 0 aliphatic rings. The minimum absolute atomic E-state index is 0.0261. The van der Waals surface area contributed by atoms with Crippen LogP contribution >= 0.6 is 0 Å². The van der Waals surface area contributed by atoms with Gasteiger partial charge in [0.05, 0.1) is 6.61 Å². The Bertz CT molecular complexity index is 315. The molecule has 0 amide bonds. The van der Waals surface area contributed by atoms with E-state index in [1.807, 2.05) is 24.3 Å². The van der Waals surface area contributed by atoms with Crippen LogP contribution in [0.15, 0.2) is 24.3 Å². The highest BCUT2D eigenvalue weighted by atomic mass is 16.5. The molecule has 3 heteroatoms. The van der Waals surface area contributed by atoms with E-state index in [4.69, 9.17) is 15.2 Å². The van der Waals surface area contributed by atoms with Crippen molar-refractivity contribution in [1.82, 2.24) is 0 Å². The second-order valence-electron chi connectivity index (χ2n) is 4.13. The first-order valence-electron chi connectivity index (χ1n) is 6.25. The van der Waals surface area contributed by atoms with E-state index < -0.39 is 0 Å². The first-order valence-corrected chi connectivity index (χ1v) is 6.25. The molecule has 0 spiro atoms. The van der Waals surface area contributed by atoms with E-state index in [0.29, 0.717) is 0 Å². The van der Waals surface area contributed by atoms with Crippen LogP contribution in [-0.2, 0) is 4.74 Å². The zero-order valence-electron chi connectivity index (χ0n) is 10.8. The van der Waals surface area contributed by atoms with Crippen LogP contribution in [0.1, 0.15) is 37.8 Å². The molecule has 1 rings (SSSR count). The van der Waals surface area contributed by atoms with Gasteiger partial charge >= 0.3 is 0 Å². The van der Waals surface area contributed by atoms with Crippen molar-refractivity contribution in [2.45, 2.75) is 32.2 Å². The lowest BCUT2D eigenvalue weighted by Crippen LogP contribution is -2.13. The predicted octanol–water partition coefficient (Wildman–Crippen LogP) is 2.90. The molecule has 17 heavy (non-hydrogen) atoms. The Morgan fingerprint density at radius 1 is 1.24 bits per heavy atom. The highest BCUT2D eigenvalue weighted by Gasteiger charge is 2.11. The SMILES string of the molecule is CCCOc1ccccc1C(N)CCCOC. The van der Waals surface area contributed by atoms with Crippen molar-refractivity contribution in [2.24, 2.45) is 5.73 Å². The molecule has 0 saturated heterocycles. The number of rotatable bonds is 8. The Labute approximate surface area is 104 Å². The van der Waals surface area contributed by atoms with Crippen molar-refractivity contribution in [3.05, 3.63) is 29.8 Å². The average Bonchev–Trinajstić information content (AvgIpc) is 2.37. The fourth-order valence-corrected chi connectivity index (χ4v) is 1.73. The zero-order valence-corrected chi connectivity index (χ0v) is 10.8. The fourth-order valence-electron chi connectivity index (χ4n) is 1.73. The molecule has 0 aliphatic carbocycles. The summed E-state index contributed by atoms with van der Waals surface area (Å²) >= 11 is 0. The lowest BCUT2D eigenvalue weighted by atomic mass is 10.0. The monoisotopic (exact) mass is 237 g/mol. The third-order valence-corrected chi connectivity index (χ3v) is 2.64. The Balaban J connectivity index is 2.60. The van der Waals surface area contributed by atoms with E-state index in [9.17, 15) is 0 Å². The van der Waals surface area contributed by atoms with Gasteiger partial charge in [-0.05, 0) is 25.3 Å². The summed E-state index contributed by atoms with van der Waals surface area (Å²) in [5.74, 6) is 0.916. The van der Waals surface area contributed by atoms with Gasteiger partial charge in [-0.2, -0.15) is 0 Å². The van der Waals surface area contributed by atoms with Crippen LogP contribution in [-0.4, -0.2) is 20.3 Å². The van der Waals surface area contributed by atoms with Crippen molar-refractivity contribution < 1.29 is 9.47 Å². The summed E-state index contributed by atoms with van der Waals surface area (Å²) in [6, 6.07) is 8.04. The van der Waals surface area contributed by atoms with Gasteiger partial charge in [0.15, 0.2) is 0 Å². The molecule has 0 aliphatic heterocycles. The molecule has 0 bridgehead atoms. The number of nitrogens with two attached hydrogens (primary N) is 1. The average molecular weight is 237 g/mol. The van der Waals surface area contributed by atoms with Gasteiger partial charge in [0, 0.05) is 25.3 Å². The van der Waals surface area contributed by atoms with Crippen LogP contribution in [0, 0.1) is 0 Å². The van der Waals surface area contributed by atoms with E-state index in [1.54, 1.807) is 7.11 Å². The molecular weight excluding hydrogens is 214 g/mol. The lowest BCUT2D eigenvalue weighted by Gasteiger charge is -2.16. The van der Waals surface area contributed by atoms with Crippen molar-refractivity contribution >= 4 is 0 Å². The number of hydrogen-bond donors (Lipinski definition) is 1. The molecule has 3 nitrogen and oxygen atoms in total. The highest BCUT2D eigenvalue weighted by molar-refractivity contribution is 5.35. The van der Waals surface area contributed by atoms with E-state index in [-0.39, 0.29) is 6.04 Å². The van der Waals surface area contributed by atoms with Crippen molar-refractivity contribution in [1.29, 1.82) is 0 Å². The summed E-state index contributed by atoms with van der Waals surface area (Å²) in [5, 5.41) is 0. The van der Waals surface area contributed by atoms with Gasteiger partial charge in [0.2, 0.25) is 0 Å². The number of hydrogen-bond acceptors (Lipinski definition) is 3. The van der Waals surface area contributed by atoms with Gasteiger partial charge in [0.25, 0.3) is 0 Å². The Kier molecular flexibility index (Phi) is 6.67. The van der Waals surface area contributed by atoms with Crippen molar-refractivity contribution in [3.63, 3.8) is 0 Å². The summed E-state index contributed by atoms with van der Waals surface area (Å²) in [7, 11) is 1.71. The molecule has 0 fully saturated rings. The smallest absolute Gasteiger partial charge is 0.124 e.